The Kier molecular flexibility index (Phi) is 10.4. The van der Waals surface area contributed by atoms with Crippen molar-refractivity contribution in [2.75, 3.05) is 20.1 Å². The van der Waals surface area contributed by atoms with Crippen molar-refractivity contribution in [3.63, 3.8) is 0 Å². The van der Waals surface area contributed by atoms with Crippen LogP contribution in [0.1, 0.15) is 41.5 Å². The minimum atomic E-state index is -0.275. The van der Waals surface area contributed by atoms with Crippen LogP contribution >= 0.6 is 24.0 Å². The average molecular weight is 427 g/mol. The van der Waals surface area contributed by atoms with Crippen LogP contribution in [-0.4, -0.2) is 49.0 Å². The van der Waals surface area contributed by atoms with E-state index < -0.39 is 0 Å². The summed E-state index contributed by atoms with van der Waals surface area (Å²) in [7, 11) is 1.58. The van der Waals surface area contributed by atoms with Crippen LogP contribution in [0.15, 0.2) is 4.99 Å². The highest BCUT2D eigenvalue weighted by molar-refractivity contribution is 14.0. The van der Waals surface area contributed by atoms with Gasteiger partial charge in [-0.3, -0.25) is 14.6 Å². The molecule has 0 spiro atoms. The number of nitrogens with zero attached hydrogens (tertiary/aromatic N) is 1. The fourth-order valence-electron chi connectivity index (χ4n) is 1.47. The Balaban J connectivity index is 0. The number of hydrogen-bond donors (Lipinski definition) is 4. The molecule has 0 aliphatic carbocycles. The molecule has 2 amide bonds. The molecule has 7 nitrogen and oxygen atoms in total. The van der Waals surface area contributed by atoms with Crippen LogP contribution < -0.4 is 21.3 Å². The third kappa shape index (κ3) is 13.9. The van der Waals surface area contributed by atoms with E-state index in [1.54, 1.807) is 7.05 Å². The van der Waals surface area contributed by atoms with Crippen LogP contribution in [0, 0.1) is 0 Å². The second-order valence-electron chi connectivity index (χ2n) is 6.88. The molecular weight excluding hydrogens is 397 g/mol. The van der Waals surface area contributed by atoms with E-state index in [1.807, 2.05) is 41.5 Å². The third-order valence-corrected chi connectivity index (χ3v) is 2.09. The number of amides is 2. The Morgan fingerprint density at radius 1 is 0.818 bits per heavy atom. The van der Waals surface area contributed by atoms with Crippen molar-refractivity contribution < 1.29 is 9.59 Å². The topological polar surface area (TPSA) is 94.6 Å². The first-order chi connectivity index (χ1) is 9.43. The van der Waals surface area contributed by atoms with Gasteiger partial charge in [-0.15, -0.1) is 24.0 Å². The zero-order chi connectivity index (χ0) is 16.7. The van der Waals surface area contributed by atoms with E-state index in [4.69, 9.17) is 0 Å². The fraction of sp³-hybridized carbons (Fsp3) is 0.786. The van der Waals surface area contributed by atoms with Crippen LogP contribution in [0.3, 0.4) is 0 Å². The van der Waals surface area contributed by atoms with Crippen LogP contribution in [0.4, 0.5) is 0 Å². The van der Waals surface area contributed by atoms with E-state index in [0.717, 1.165) is 0 Å². The number of rotatable bonds is 4. The maximum Gasteiger partial charge on any atom is 0.239 e. The fourth-order valence-corrected chi connectivity index (χ4v) is 1.47. The molecule has 0 aromatic carbocycles. The minimum Gasteiger partial charge on any atom is -0.350 e. The van der Waals surface area contributed by atoms with Crippen LogP contribution in [-0.2, 0) is 9.59 Å². The number of hydrogen-bond acceptors (Lipinski definition) is 3. The van der Waals surface area contributed by atoms with Gasteiger partial charge in [-0.25, -0.2) is 0 Å². The number of carbonyl (C=O) groups is 2. The molecule has 0 aromatic rings. The van der Waals surface area contributed by atoms with E-state index in [9.17, 15) is 9.59 Å². The predicted molar refractivity (Wildman–Crippen MR) is 101 cm³/mol. The lowest BCUT2D eigenvalue weighted by molar-refractivity contribution is -0.122. The standard InChI is InChI=1S/C14H29N5O2.HI/c1-13(2,3)18-10(20)8-16-12(15-7)17-9-11(21)19-14(4,5)6;/h8-9H2,1-7H3,(H,18,20)(H,19,21)(H2,15,16,17);1H. The van der Waals surface area contributed by atoms with Gasteiger partial charge in [-0.2, -0.15) is 0 Å². The third-order valence-electron chi connectivity index (χ3n) is 2.09. The normalized spacial score (nSPS) is 10.9. The van der Waals surface area contributed by atoms with Gasteiger partial charge in [0, 0.05) is 18.1 Å². The summed E-state index contributed by atoms with van der Waals surface area (Å²) in [6.07, 6.45) is 0. The van der Waals surface area contributed by atoms with Gasteiger partial charge in [0.2, 0.25) is 11.8 Å². The molecule has 0 rings (SSSR count). The smallest absolute Gasteiger partial charge is 0.239 e. The Bertz CT molecular complexity index is 363. The molecule has 0 atom stereocenters. The van der Waals surface area contributed by atoms with Crippen LogP contribution in [0.25, 0.3) is 0 Å². The summed E-state index contributed by atoms with van der Waals surface area (Å²) in [6, 6.07) is 0. The number of guanidine groups is 1. The highest BCUT2D eigenvalue weighted by Crippen LogP contribution is 1.97. The SMILES string of the molecule is CN=C(NCC(=O)NC(C)(C)C)NCC(=O)NC(C)(C)C.I. The van der Waals surface area contributed by atoms with E-state index in [0.29, 0.717) is 5.96 Å². The molecule has 0 heterocycles. The lowest BCUT2D eigenvalue weighted by Crippen LogP contribution is -2.50. The van der Waals surface area contributed by atoms with Crippen molar-refractivity contribution in [1.29, 1.82) is 0 Å². The van der Waals surface area contributed by atoms with Crippen LogP contribution in [0.2, 0.25) is 0 Å². The Hall–Kier alpha value is -1.06. The molecule has 4 N–H and O–H groups in total. The Morgan fingerprint density at radius 3 is 1.36 bits per heavy atom. The van der Waals surface area contributed by atoms with Crippen molar-refractivity contribution in [3.8, 4) is 0 Å². The summed E-state index contributed by atoms with van der Waals surface area (Å²) in [5.74, 6) is 0.136. The van der Waals surface area contributed by atoms with Gasteiger partial charge in [0.1, 0.15) is 0 Å². The molecule has 0 aliphatic rings. The molecule has 0 aromatic heterocycles. The highest BCUT2D eigenvalue weighted by Gasteiger charge is 2.15. The first-order valence-corrected chi connectivity index (χ1v) is 6.99. The largest absolute Gasteiger partial charge is 0.350 e. The molecule has 8 heteroatoms. The summed E-state index contributed by atoms with van der Waals surface area (Å²) < 4.78 is 0. The Morgan fingerprint density at radius 2 is 1.14 bits per heavy atom. The molecular formula is C14H30IN5O2. The molecule has 0 radical (unpaired) electrons. The van der Waals surface area contributed by atoms with Gasteiger partial charge in [0.15, 0.2) is 5.96 Å². The summed E-state index contributed by atoms with van der Waals surface area (Å²) in [6.45, 7) is 11.7. The zero-order valence-electron chi connectivity index (χ0n) is 14.6. The maximum atomic E-state index is 11.7. The lowest BCUT2D eigenvalue weighted by atomic mass is 10.1. The van der Waals surface area contributed by atoms with Crippen molar-refractivity contribution >= 4 is 41.8 Å². The zero-order valence-corrected chi connectivity index (χ0v) is 16.9. The molecule has 0 saturated heterocycles. The van der Waals surface area contributed by atoms with Gasteiger partial charge in [0.05, 0.1) is 13.1 Å². The second-order valence-corrected chi connectivity index (χ2v) is 6.88. The van der Waals surface area contributed by atoms with Gasteiger partial charge in [0.25, 0.3) is 0 Å². The summed E-state index contributed by atoms with van der Waals surface area (Å²) in [5.41, 5.74) is -0.551. The quantitative estimate of drug-likeness (QED) is 0.300. The van der Waals surface area contributed by atoms with E-state index in [1.165, 1.54) is 0 Å². The monoisotopic (exact) mass is 427 g/mol. The summed E-state index contributed by atoms with van der Waals surface area (Å²) >= 11 is 0. The number of nitrogens with one attached hydrogen (secondary N) is 4. The molecule has 0 aliphatic heterocycles. The van der Waals surface area contributed by atoms with Crippen molar-refractivity contribution in [1.82, 2.24) is 21.3 Å². The van der Waals surface area contributed by atoms with Crippen molar-refractivity contribution in [3.05, 3.63) is 0 Å². The first-order valence-electron chi connectivity index (χ1n) is 6.99. The minimum absolute atomic E-state index is 0. The molecule has 22 heavy (non-hydrogen) atoms. The number of aliphatic imine (C=N–C) groups is 1. The predicted octanol–water partition coefficient (Wildman–Crippen LogP) is 0.599. The van der Waals surface area contributed by atoms with Gasteiger partial charge in [-0.05, 0) is 41.5 Å². The van der Waals surface area contributed by atoms with Crippen LogP contribution in [0.5, 0.6) is 0 Å². The van der Waals surface area contributed by atoms with E-state index in [2.05, 4.69) is 26.3 Å². The highest BCUT2D eigenvalue weighted by atomic mass is 127. The van der Waals surface area contributed by atoms with Gasteiger partial charge in [-0.1, -0.05) is 0 Å². The molecule has 0 bridgehead atoms. The first kappa shape index (κ1) is 23.2. The van der Waals surface area contributed by atoms with E-state index in [-0.39, 0.29) is 60.0 Å². The van der Waals surface area contributed by atoms with Crippen molar-refractivity contribution in [2.24, 2.45) is 4.99 Å². The molecule has 130 valence electrons. The molecule has 0 saturated carbocycles. The Labute approximate surface area is 150 Å². The summed E-state index contributed by atoms with van der Waals surface area (Å²) in [4.78, 5) is 27.3. The van der Waals surface area contributed by atoms with Gasteiger partial charge < -0.3 is 21.3 Å². The lowest BCUT2D eigenvalue weighted by Gasteiger charge is -2.22. The summed E-state index contributed by atoms with van der Waals surface area (Å²) in [5, 5.41) is 11.4. The average Bonchev–Trinajstić information content (AvgIpc) is 2.24. The van der Waals surface area contributed by atoms with Gasteiger partial charge >= 0.3 is 0 Å². The van der Waals surface area contributed by atoms with Crippen molar-refractivity contribution in [2.45, 2.75) is 52.6 Å². The number of carbonyl (C=O) groups excluding carboxylic acids is 2. The van der Waals surface area contributed by atoms with E-state index >= 15 is 0 Å². The molecule has 0 fully saturated rings. The second kappa shape index (κ2) is 9.86. The number of halogens is 1. The maximum absolute atomic E-state index is 11.7. The molecule has 0 unspecified atom stereocenters.